The lowest BCUT2D eigenvalue weighted by Crippen LogP contribution is -2.27. The highest BCUT2D eigenvalue weighted by Crippen LogP contribution is 2.23. The maximum absolute atomic E-state index is 14.1. The third-order valence-electron chi connectivity index (χ3n) is 3.70. The van der Waals surface area contributed by atoms with Gasteiger partial charge in [0.05, 0.1) is 5.69 Å². The second-order valence-electron chi connectivity index (χ2n) is 5.66. The van der Waals surface area contributed by atoms with Gasteiger partial charge in [0.25, 0.3) is 5.91 Å². The van der Waals surface area contributed by atoms with E-state index in [1.165, 1.54) is 29.8 Å². The average molecular weight is 352 g/mol. The summed E-state index contributed by atoms with van der Waals surface area (Å²) in [4.78, 5) is 24.0. The summed E-state index contributed by atoms with van der Waals surface area (Å²) >= 11 is 0. The zero-order chi connectivity index (χ0) is 18.5. The number of hydrogen-bond donors (Lipinski definition) is 2. The molecule has 0 saturated carbocycles. The van der Waals surface area contributed by atoms with Crippen molar-refractivity contribution in [2.45, 2.75) is 13.0 Å². The van der Waals surface area contributed by atoms with Gasteiger partial charge in [0.15, 0.2) is 6.04 Å². The molecule has 1 atom stereocenters. The molecule has 0 aliphatic carbocycles. The molecule has 26 heavy (non-hydrogen) atoms. The Kier molecular flexibility index (Phi) is 5.07. The lowest BCUT2D eigenvalue weighted by Gasteiger charge is -2.18. The molecular weight excluding hydrogens is 335 g/mol. The van der Waals surface area contributed by atoms with Crippen molar-refractivity contribution in [1.82, 2.24) is 9.78 Å². The van der Waals surface area contributed by atoms with Crippen LogP contribution in [0.25, 0.3) is 0 Å². The van der Waals surface area contributed by atoms with Crippen LogP contribution in [0, 0.1) is 5.82 Å². The Labute approximate surface area is 149 Å². The second-order valence-corrected chi connectivity index (χ2v) is 5.66. The van der Waals surface area contributed by atoms with Crippen LogP contribution in [0.2, 0.25) is 0 Å². The fourth-order valence-electron chi connectivity index (χ4n) is 2.60. The minimum absolute atomic E-state index is 0.0191. The summed E-state index contributed by atoms with van der Waals surface area (Å²) in [7, 11) is 0. The van der Waals surface area contributed by atoms with Crippen molar-refractivity contribution in [3.05, 3.63) is 78.4 Å². The van der Waals surface area contributed by atoms with Gasteiger partial charge in [-0.15, -0.1) is 0 Å². The van der Waals surface area contributed by atoms with E-state index in [0.717, 1.165) is 0 Å². The zero-order valence-corrected chi connectivity index (χ0v) is 14.0. The highest BCUT2D eigenvalue weighted by Gasteiger charge is 2.24. The molecule has 2 amide bonds. The third kappa shape index (κ3) is 3.94. The molecule has 6 nitrogen and oxygen atoms in total. The molecule has 0 fully saturated rings. The smallest absolute Gasteiger partial charge is 0.253 e. The lowest BCUT2D eigenvalue weighted by molar-refractivity contribution is -0.118. The molecule has 0 aliphatic rings. The fourth-order valence-corrected chi connectivity index (χ4v) is 2.60. The second kappa shape index (κ2) is 7.60. The first kappa shape index (κ1) is 17.3. The Hall–Kier alpha value is -3.48. The van der Waals surface area contributed by atoms with Gasteiger partial charge in [0.1, 0.15) is 5.82 Å². The maximum Gasteiger partial charge on any atom is 0.253 e. The van der Waals surface area contributed by atoms with Crippen molar-refractivity contribution in [2.75, 3.05) is 10.6 Å². The van der Waals surface area contributed by atoms with E-state index in [0.29, 0.717) is 11.3 Å². The molecule has 0 saturated heterocycles. The summed E-state index contributed by atoms with van der Waals surface area (Å²) in [5.74, 6) is -1.33. The summed E-state index contributed by atoms with van der Waals surface area (Å²) in [6, 6.07) is 14.0. The number of aromatic nitrogens is 2. The van der Waals surface area contributed by atoms with Crippen LogP contribution >= 0.6 is 0 Å². The summed E-state index contributed by atoms with van der Waals surface area (Å²) in [5, 5.41) is 9.28. The van der Waals surface area contributed by atoms with Crippen molar-refractivity contribution >= 4 is 23.2 Å². The van der Waals surface area contributed by atoms with Crippen molar-refractivity contribution in [1.29, 1.82) is 0 Å². The average Bonchev–Trinajstić information content (AvgIpc) is 3.13. The summed E-state index contributed by atoms with van der Waals surface area (Å²) in [6.07, 6.45) is 3.24. The van der Waals surface area contributed by atoms with Gasteiger partial charge in [0.2, 0.25) is 5.91 Å². The van der Waals surface area contributed by atoms with Crippen LogP contribution in [0.4, 0.5) is 15.8 Å². The lowest BCUT2D eigenvalue weighted by atomic mass is 10.1. The SMILES string of the molecule is CC(=O)Nc1ccc(F)c(NC(=O)C(c2ccccc2)n2cccn2)c1. The minimum atomic E-state index is -0.755. The molecule has 2 aromatic carbocycles. The maximum atomic E-state index is 14.1. The highest BCUT2D eigenvalue weighted by atomic mass is 19.1. The third-order valence-corrected chi connectivity index (χ3v) is 3.70. The van der Waals surface area contributed by atoms with Crippen LogP contribution in [0.3, 0.4) is 0 Å². The zero-order valence-electron chi connectivity index (χ0n) is 14.0. The van der Waals surface area contributed by atoms with Crippen LogP contribution in [0.15, 0.2) is 67.0 Å². The van der Waals surface area contributed by atoms with E-state index in [9.17, 15) is 14.0 Å². The quantitative estimate of drug-likeness (QED) is 0.740. The number of anilines is 2. The molecule has 132 valence electrons. The van der Waals surface area contributed by atoms with Gasteiger partial charge in [-0.1, -0.05) is 30.3 Å². The van der Waals surface area contributed by atoms with Crippen LogP contribution in [-0.4, -0.2) is 21.6 Å². The van der Waals surface area contributed by atoms with E-state index < -0.39 is 17.8 Å². The molecule has 0 radical (unpaired) electrons. The van der Waals surface area contributed by atoms with Crippen LogP contribution in [0.1, 0.15) is 18.5 Å². The van der Waals surface area contributed by atoms with E-state index in [2.05, 4.69) is 15.7 Å². The number of amides is 2. The van der Waals surface area contributed by atoms with E-state index in [1.54, 1.807) is 30.6 Å². The number of carbonyl (C=O) groups excluding carboxylic acids is 2. The topological polar surface area (TPSA) is 76.0 Å². The minimum Gasteiger partial charge on any atom is -0.326 e. The van der Waals surface area contributed by atoms with Gasteiger partial charge >= 0.3 is 0 Å². The molecule has 2 N–H and O–H groups in total. The molecular formula is C19H17FN4O2. The van der Waals surface area contributed by atoms with Gasteiger partial charge in [-0.3, -0.25) is 14.3 Å². The Morgan fingerprint density at radius 3 is 2.50 bits per heavy atom. The Morgan fingerprint density at radius 2 is 1.85 bits per heavy atom. The molecule has 7 heteroatoms. The number of benzene rings is 2. The van der Waals surface area contributed by atoms with Crippen LogP contribution < -0.4 is 10.6 Å². The number of rotatable bonds is 5. The molecule has 3 aromatic rings. The Bertz CT molecular complexity index is 911. The normalized spacial score (nSPS) is 11.6. The largest absolute Gasteiger partial charge is 0.326 e. The van der Waals surface area contributed by atoms with Crippen LogP contribution in [-0.2, 0) is 9.59 Å². The van der Waals surface area contributed by atoms with Gasteiger partial charge in [0, 0.05) is 25.0 Å². The van der Waals surface area contributed by atoms with Gasteiger partial charge in [-0.25, -0.2) is 4.39 Å². The Morgan fingerprint density at radius 1 is 1.08 bits per heavy atom. The molecule has 1 aromatic heterocycles. The monoisotopic (exact) mass is 352 g/mol. The Balaban J connectivity index is 1.90. The molecule has 0 aliphatic heterocycles. The first-order chi connectivity index (χ1) is 12.5. The molecule has 3 rings (SSSR count). The predicted molar refractivity (Wildman–Crippen MR) is 96.1 cm³/mol. The number of halogens is 1. The fraction of sp³-hybridized carbons (Fsp3) is 0.105. The standard InChI is InChI=1S/C19H17FN4O2/c1-13(25)22-15-8-9-16(20)17(12-15)23-19(26)18(24-11-5-10-21-24)14-6-3-2-4-7-14/h2-12,18H,1H3,(H,22,25)(H,23,26). The summed E-state index contributed by atoms with van der Waals surface area (Å²) in [6.45, 7) is 1.35. The summed E-state index contributed by atoms with van der Waals surface area (Å²) < 4.78 is 15.6. The van der Waals surface area contributed by atoms with Gasteiger partial charge in [-0.05, 0) is 29.8 Å². The molecule has 0 bridgehead atoms. The van der Waals surface area contributed by atoms with Crippen molar-refractivity contribution in [3.63, 3.8) is 0 Å². The number of hydrogen-bond acceptors (Lipinski definition) is 3. The first-order valence-corrected chi connectivity index (χ1v) is 7.96. The molecule has 1 unspecified atom stereocenters. The summed E-state index contributed by atoms with van der Waals surface area (Å²) in [5.41, 5.74) is 1.09. The van der Waals surface area contributed by atoms with Crippen molar-refractivity contribution < 1.29 is 14.0 Å². The van der Waals surface area contributed by atoms with Crippen molar-refractivity contribution in [3.8, 4) is 0 Å². The van der Waals surface area contributed by atoms with E-state index in [1.807, 2.05) is 18.2 Å². The van der Waals surface area contributed by atoms with Gasteiger partial charge < -0.3 is 10.6 Å². The van der Waals surface area contributed by atoms with Crippen molar-refractivity contribution in [2.24, 2.45) is 0 Å². The highest BCUT2D eigenvalue weighted by molar-refractivity contribution is 5.97. The molecule has 1 heterocycles. The predicted octanol–water partition coefficient (Wildman–Crippen LogP) is 3.21. The number of nitrogens with one attached hydrogen (secondary N) is 2. The van der Waals surface area contributed by atoms with Gasteiger partial charge in [-0.2, -0.15) is 5.10 Å². The number of carbonyl (C=O) groups is 2. The van der Waals surface area contributed by atoms with E-state index in [4.69, 9.17) is 0 Å². The number of nitrogens with zero attached hydrogens (tertiary/aromatic N) is 2. The van der Waals surface area contributed by atoms with E-state index in [-0.39, 0.29) is 11.6 Å². The first-order valence-electron chi connectivity index (χ1n) is 7.96. The van der Waals surface area contributed by atoms with E-state index >= 15 is 0 Å². The molecule has 0 spiro atoms. The van der Waals surface area contributed by atoms with Crippen LogP contribution in [0.5, 0.6) is 0 Å².